The third-order valence-corrected chi connectivity index (χ3v) is 3.16. The summed E-state index contributed by atoms with van der Waals surface area (Å²) in [6.07, 6.45) is -0.870. The van der Waals surface area contributed by atoms with Crippen LogP contribution in [0.15, 0.2) is 18.2 Å². The van der Waals surface area contributed by atoms with Crippen molar-refractivity contribution in [3.63, 3.8) is 0 Å². The number of amides is 2. The highest BCUT2D eigenvalue weighted by molar-refractivity contribution is 5.98. The molecule has 0 radical (unpaired) electrons. The van der Waals surface area contributed by atoms with Crippen LogP contribution in [0.3, 0.4) is 0 Å². The molecule has 1 heterocycles. The first-order chi connectivity index (χ1) is 10.9. The molecule has 7 heteroatoms. The van der Waals surface area contributed by atoms with E-state index in [1.807, 2.05) is 31.3 Å². The Balaban J connectivity index is 2.00. The number of carbonyl (C=O) groups is 3. The van der Waals surface area contributed by atoms with Gasteiger partial charge in [-0.25, -0.2) is 9.59 Å². The van der Waals surface area contributed by atoms with Crippen LogP contribution in [0.25, 0.3) is 10.9 Å². The second-order valence-electron chi connectivity index (χ2n) is 5.07. The molecule has 0 aliphatic carbocycles. The van der Waals surface area contributed by atoms with Crippen molar-refractivity contribution in [1.29, 1.82) is 0 Å². The van der Waals surface area contributed by atoms with Crippen LogP contribution in [0.2, 0.25) is 0 Å². The summed E-state index contributed by atoms with van der Waals surface area (Å²) in [7, 11) is 0. The fraction of sp³-hybridized carbons (Fsp3) is 0.312. The largest absolute Gasteiger partial charge is 0.451 e. The van der Waals surface area contributed by atoms with Gasteiger partial charge in [-0.1, -0.05) is 6.07 Å². The lowest BCUT2D eigenvalue weighted by molar-refractivity contribution is -0.123. The van der Waals surface area contributed by atoms with Gasteiger partial charge in [-0.15, -0.1) is 0 Å². The fourth-order valence-electron chi connectivity index (χ4n) is 2.24. The summed E-state index contributed by atoms with van der Waals surface area (Å²) in [6, 6.07) is 5.61. The molecule has 0 aliphatic rings. The molecule has 2 aromatic rings. The molecular weight excluding hydrogens is 300 g/mol. The van der Waals surface area contributed by atoms with Gasteiger partial charge in [0.2, 0.25) is 0 Å². The van der Waals surface area contributed by atoms with E-state index in [0.717, 1.165) is 22.0 Å². The molecule has 122 valence electrons. The van der Waals surface area contributed by atoms with Gasteiger partial charge >= 0.3 is 12.1 Å². The zero-order valence-corrected chi connectivity index (χ0v) is 13.2. The zero-order valence-electron chi connectivity index (χ0n) is 13.2. The lowest BCUT2D eigenvalue weighted by Gasteiger charge is -2.04. The zero-order chi connectivity index (χ0) is 17.0. The highest BCUT2D eigenvalue weighted by Gasteiger charge is 2.15. The number of imide groups is 1. The van der Waals surface area contributed by atoms with Crippen LogP contribution in [0, 0.1) is 13.8 Å². The second kappa shape index (κ2) is 6.95. The predicted octanol–water partition coefficient (Wildman–Crippen LogP) is 2.21. The van der Waals surface area contributed by atoms with Gasteiger partial charge in [0.1, 0.15) is 5.69 Å². The van der Waals surface area contributed by atoms with Crippen LogP contribution in [-0.2, 0) is 14.3 Å². The molecule has 2 amide bonds. The van der Waals surface area contributed by atoms with Crippen molar-refractivity contribution >= 4 is 28.9 Å². The van der Waals surface area contributed by atoms with Gasteiger partial charge in [0.25, 0.3) is 5.91 Å². The van der Waals surface area contributed by atoms with Crippen molar-refractivity contribution in [2.24, 2.45) is 0 Å². The maximum absolute atomic E-state index is 12.0. The monoisotopic (exact) mass is 318 g/mol. The minimum atomic E-state index is -0.870. The van der Waals surface area contributed by atoms with Crippen molar-refractivity contribution in [3.8, 4) is 0 Å². The number of H-pyrrole nitrogens is 1. The van der Waals surface area contributed by atoms with Crippen molar-refractivity contribution in [2.45, 2.75) is 20.8 Å². The number of esters is 1. The number of hydrogen-bond donors (Lipinski definition) is 2. The molecule has 2 rings (SSSR count). The Morgan fingerprint density at radius 2 is 1.87 bits per heavy atom. The topological polar surface area (TPSA) is 97.5 Å². The molecular formula is C16H18N2O5. The summed E-state index contributed by atoms with van der Waals surface area (Å²) in [5, 5.41) is 2.86. The summed E-state index contributed by atoms with van der Waals surface area (Å²) in [5.41, 5.74) is 3.18. The van der Waals surface area contributed by atoms with Crippen molar-refractivity contribution in [1.82, 2.24) is 10.3 Å². The van der Waals surface area contributed by atoms with E-state index in [1.165, 1.54) is 0 Å². The molecule has 7 nitrogen and oxygen atoms in total. The number of alkyl carbamates (subject to hydrolysis) is 1. The van der Waals surface area contributed by atoms with Crippen LogP contribution in [0.4, 0.5) is 4.79 Å². The average Bonchev–Trinajstić information content (AvgIpc) is 2.89. The Hall–Kier alpha value is -2.83. The van der Waals surface area contributed by atoms with E-state index in [0.29, 0.717) is 0 Å². The van der Waals surface area contributed by atoms with Gasteiger partial charge in [-0.2, -0.15) is 0 Å². The van der Waals surface area contributed by atoms with Crippen LogP contribution >= 0.6 is 0 Å². The summed E-state index contributed by atoms with van der Waals surface area (Å²) in [6.45, 7) is 5.11. The Labute approximate surface area is 133 Å². The number of fused-ring (bicyclic) bond motifs is 1. The van der Waals surface area contributed by atoms with Crippen molar-refractivity contribution < 1.29 is 23.9 Å². The molecule has 0 aliphatic heterocycles. The van der Waals surface area contributed by atoms with Gasteiger partial charge in [0.05, 0.1) is 6.61 Å². The fourth-order valence-corrected chi connectivity index (χ4v) is 2.24. The van der Waals surface area contributed by atoms with E-state index in [9.17, 15) is 14.4 Å². The normalized spacial score (nSPS) is 10.4. The number of benzene rings is 1. The Bertz CT molecular complexity index is 763. The minimum Gasteiger partial charge on any atom is -0.451 e. The van der Waals surface area contributed by atoms with Gasteiger partial charge in [0.15, 0.2) is 6.61 Å². The first kappa shape index (κ1) is 16.5. The summed E-state index contributed by atoms with van der Waals surface area (Å²) in [5.74, 6) is -1.42. The Morgan fingerprint density at radius 1 is 1.13 bits per heavy atom. The second-order valence-corrected chi connectivity index (χ2v) is 5.07. The summed E-state index contributed by atoms with van der Waals surface area (Å²) >= 11 is 0. The average molecular weight is 318 g/mol. The molecule has 0 fully saturated rings. The van der Waals surface area contributed by atoms with Gasteiger partial charge < -0.3 is 14.5 Å². The molecule has 1 aromatic heterocycles. The first-order valence-corrected chi connectivity index (χ1v) is 7.14. The number of carbonyl (C=O) groups excluding carboxylic acids is 3. The predicted molar refractivity (Wildman–Crippen MR) is 83.2 cm³/mol. The molecule has 1 aromatic carbocycles. The lowest BCUT2D eigenvalue weighted by Crippen LogP contribution is -2.34. The standard InChI is InChI=1S/C16H18N2O5/c1-4-22-16(21)18-14(19)8-23-15(20)13-7-11-10(3)5-9(2)6-12(11)17-13/h5-7,17H,4,8H2,1-3H3,(H,18,19,21). The maximum Gasteiger partial charge on any atom is 0.413 e. The van der Waals surface area contributed by atoms with Crippen LogP contribution in [0.1, 0.15) is 28.5 Å². The van der Waals surface area contributed by atoms with E-state index in [-0.39, 0.29) is 12.3 Å². The minimum absolute atomic E-state index is 0.146. The highest BCUT2D eigenvalue weighted by Crippen LogP contribution is 2.21. The van der Waals surface area contributed by atoms with Crippen LogP contribution in [-0.4, -0.2) is 36.2 Å². The van der Waals surface area contributed by atoms with E-state index < -0.39 is 24.6 Å². The molecule has 0 saturated carbocycles. The summed E-state index contributed by atoms with van der Waals surface area (Å²) in [4.78, 5) is 37.4. The number of aryl methyl sites for hydroxylation is 2. The van der Waals surface area contributed by atoms with Gasteiger partial charge in [-0.05, 0) is 44.0 Å². The third kappa shape index (κ3) is 4.09. The number of rotatable bonds is 4. The Morgan fingerprint density at radius 3 is 2.57 bits per heavy atom. The lowest BCUT2D eigenvalue weighted by atomic mass is 10.1. The van der Waals surface area contributed by atoms with E-state index in [1.54, 1.807) is 13.0 Å². The number of hydrogen-bond acceptors (Lipinski definition) is 5. The van der Waals surface area contributed by atoms with Crippen molar-refractivity contribution in [3.05, 3.63) is 35.0 Å². The maximum atomic E-state index is 12.0. The van der Waals surface area contributed by atoms with Gasteiger partial charge in [-0.3, -0.25) is 10.1 Å². The SMILES string of the molecule is CCOC(=O)NC(=O)COC(=O)c1cc2c(C)cc(C)cc2[nH]1. The van der Waals surface area contributed by atoms with Crippen molar-refractivity contribution in [2.75, 3.05) is 13.2 Å². The molecule has 23 heavy (non-hydrogen) atoms. The number of aromatic amines is 1. The molecule has 0 unspecified atom stereocenters. The number of nitrogens with one attached hydrogen (secondary N) is 2. The molecule has 2 N–H and O–H groups in total. The third-order valence-electron chi connectivity index (χ3n) is 3.16. The molecule has 0 saturated heterocycles. The quantitative estimate of drug-likeness (QED) is 0.842. The Kier molecular flexibility index (Phi) is 5.00. The number of ether oxygens (including phenoxy) is 2. The molecule has 0 bridgehead atoms. The smallest absolute Gasteiger partial charge is 0.413 e. The van der Waals surface area contributed by atoms with Crippen LogP contribution in [0.5, 0.6) is 0 Å². The molecule has 0 spiro atoms. The van der Waals surface area contributed by atoms with E-state index >= 15 is 0 Å². The first-order valence-electron chi connectivity index (χ1n) is 7.14. The van der Waals surface area contributed by atoms with E-state index in [4.69, 9.17) is 4.74 Å². The van der Waals surface area contributed by atoms with Crippen LogP contribution < -0.4 is 5.32 Å². The van der Waals surface area contributed by atoms with Gasteiger partial charge in [0, 0.05) is 10.9 Å². The summed E-state index contributed by atoms with van der Waals surface area (Å²) < 4.78 is 9.43. The number of aromatic nitrogens is 1. The highest BCUT2D eigenvalue weighted by atomic mass is 16.6. The van der Waals surface area contributed by atoms with E-state index in [2.05, 4.69) is 9.72 Å². The molecule has 0 atom stereocenters.